The Hall–Kier alpha value is -2.05. The van der Waals surface area contributed by atoms with E-state index in [9.17, 15) is 4.79 Å². The second-order valence-corrected chi connectivity index (χ2v) is 7.74. The van der Waals surface area contributed by atoms with Gasteiger partial charge in [-0.15, -0.1) is 0 Å². The van der Waals surface area contributed by atoms with Gasteiger partial charge in [-0.05, 0) is 66.4 Å². The number of ether oxygens (including phenoxy) is 2. The van der Waals surface area contributed by atoms with Crippen LogP contribution in [0.5, 0.6) is 11.5 Å². The minimum absolute atomic E-state index is 0.0831. The molecule has 4 rings (SSSR count). The highest BCUT2D eigenvalue weighted by Crippen LogP contribution is 2.30. The standard InChI is InChI=1S/C20H24N2O3S/c23-20(19-13-24-17-3-1-2-4-18(17)25-19)21-11-15-5-8-22(9-6-15)12-16-7-10-26-14-16/h1-4,7,10,14-15,19H,5-6,8-9,11-13H2,(H,21,23). The molecular weight excluding hydrogens is 348 g/mol. The molecule has 2 aromatic rings. The number of amides is 1. The lowest BCUT2D eigenvalue weighted by Gasteiger charge is -2.32. The molecule has 1 aromatic carbocycles. The number of hydrogen-bond donors (Lipinski definition) is 1. The number of likely N-dealkylation sites (tertiary alicyclic amines) is 1. The van der Waals surface area contributed by atoms with Crippen molar-refractivity contribution < 1.29 is 14.3 Å². The lowest BCUT2D eigenvalue weighted by molar-refractivity contribution is -0.130. The molecule has 5 nitrogen and oxygen atoms in total. The number of para-hydroxylation sites is 2. The first-order valence-corrected chi connectivity index (χ1v) is 10.1. The topological polar surface area (TPSA) is 50.8 Å². The van der Waals surface area contributed by atoms with Crippen molar-refractivity contribution in [2.75, 3.05) is 26.2 Å². The molecule has 0 saturated carbocycles. The molecule has 1 N–H and O–H groups in total. The minimum Gasteiger partial charge on any atom is -0.485 e. The van der Waals surface area contributed by atoms with E-state index < -0.39 is 6.10 Å². The van der Waals surface area contributed by atoms with Gasteiger partial charge in [-0.2, -0.15) is 11.3 Å². The van der Waals surface area contributed by atoms with Gasteiger partial charge in [-0.1, -0.05) is 12.1 Å². The number of rotatable bonds is 5. The van der Waals surface area contributed by atoms with E-state index in [1.54, 1.807) is 11.3 Å². The fourth-order valence-corrected chi connectivity index (χ4v) is 4.16. The van der Waals surface area contributed by atoms with Crippen LogP contribution in [0.2, 0.25) is 0 Å². The molecule has 1 unspecified atom stereocenters. The smallest absolute Gasteiger partial charge is 0.264 e. The molecule has 0 bridgehead atoms. The Balaban J connectivity index is 1.20. The molecule has 2 aliphatic heterocycles. The van der Waals surface area contributed by atoms with Crippen LogP contribution in [-0.2, 0) is 11.3 Å². The highest BCUT2D eigenvalue weighted by Gasteiger charge is 2.28. The van der Waals surface area contributed by atoms with Crippen molar-refractivity contribution in [2.45, 2.75) is 25.5 Å². The average molecular weight is 372 g/mol. The molecule has 1 aromatic heterocycles. The third-order valence-electron chi connectivity index (χ3n) is 5.06. The number of hydrogen-bond acceptors (Lipinski definition) is 5. The summed E-state index contributed by atoms with van der Waals surface area (Å²) in [5.74, 6) is 1.80. The second-order valence-electron chi connectivity index (χ2n) is 6.96. The molecule has 1 amide bonds. The van der Waals surface area contributed by atoms with Gasteiger partial charge >= 0.3 is 0 Å². The Kier molecular flexibility index (Phi) is 5.41. The van der Waals surface area contributed by atoms with Gasteiger partial charge in [0.15, 0.2) is 11.5 Å². The van der Waals surface area contributed by atoms with Crippen LogP contribution in [0.1, 0.15) is 18.4 Å². The van der Waals surface area contributed by atoms with Crippen molar-refractivity contribution in [1.82, 2.24) is 10.2 Å². The Bertz CT molecular complexity index is 726. The third kappa shape index (κ3) is 4.19. The van der Waals surface area contributed by atoms with Gasteiger partial charge in [-0.25, -0.2) is 0 Å². The van der Waals surface area contributed by atoms with E-state index in [2.05, 4.69) is 27.0 Å². The van der Waals surface area contributed by atoms with Gasteiger partial charge in [0.05, 0.1) is 0 Å². The fraction of sp³-hybridized carbons (Fsp3) is 0.450. The number of nitrogens with one attached hydrogen (secondary N) is 1. The zero-order valence-electron chi connectivity index (χ0n) is 14.7. The molecule has 0 radical (unpaired) electrons. The SMILES string of the molecule is O=C(NCC1CCN(Cc2ccsc2)CC1)C1COc2ccccc2O1. The molecule has 1 saturated heterocycles. The Labute approximate surface area is 157 Å². The van der Waals surface area contributed by atoms with Gasteiger partial charge in [0.2, 0.25) is 6.10 Å². The molecule has 3 heterocycles. The van der Waals surface area contributed by atoms with Crippen molar-refractivity contribution in [3.8, 4) is 11.5 Å². The first kappa shape index (κ1) is 17.4. The molecule has 1 atom stereocenters. The third-order valence-corrected chi connectivity index (χ3v) is 5.79. The lowest BCUT2D eigenvalue weighted by Crippen LogP contribution is -2.46. The number of thiophene rings is 1. The Morgan fingerprint density at radius 3 is 2.77 bits per heavy atom. The maximum atomic E-state index is 12.4. The van der Waals surface area contributed by atoms with Crippen molar-refractivity contribution in [2.24, 2.45) is 5.92 Å². The summed E-state index contributed by atoms with van der Waals surface area (Å²) in [6.07, 6.45) is 1.67. The highest BCUT2D eigenvalue weighted by molar-refractivity contribution is 7.07. The summed E-state index contributed by atoms with van der Waals surface area (Å²) >= 11 is 1.75. The summed E-state index contributed by atoms with van der Waals surface area (Å²) in [6, 6.07) is 9.66. The average Bonchev–Trinajstić information content (AvgIpc) is 3.20. The lowest BCUT2D eigenvalue weighted by atomic mass is 9.96. The number of benzene rings is 1. The van der Waals surface area contributed by atoms with Crippen LogP contribution in [0.3, 0.4) is 0 Å². The summed E-state index contributed by atoms with van der Waals surface area (Å²) < 4.78 is 11.4. The van der Waals surface area contributed by atoms with E-state index in [1.165, 1.54) is 5.56 Å². The van der Waals surface area contributed by atoms with Crippen LogP contribution in [0.4, 0.5) is 0 Å². The van der Waals surface area contributed by atoms with E-state index in [0.717, 1.165) is 32.5 Å². The van der Waals surface area contributed by atoms with Gasteiger partial charge in [-0.3, -0.25) is 9.69 Å². The van der Waals surface area contributed by atoms with Gasteiger partial charge in [0.25, 0.3) is 5.91 Å². The van der Waals surface area contributed by atoms with E-state index in [1.807, 2.05) is 24.3 Å². The van der Waals surface area contributed by atoms with Gasteiger partial charge < -0.3 is 14.8 Å². The van der Waals surface area contributed by atoms with Gasteiger partial charge in [0.1, 0.15) is 6.61 Å². The Morgan fingerprint density at radius 2 is 2.00 bits per heavy atom. The molecular formula is C20H24N2O3S. The summed E-state index contributed by atoms with van der Waals surface area (Å²) in [5.41, 5.74) is 1.40. The molecule has 1 fully saturated rings. The van der Waals surface area contributed by atoms with Crippen LogP contribution in [0.15, 0.2) is 41.1 Å². The van der Waals surface area contributed by atoms with E-state index >= 15 is 0 Å². The van der Waals surface area contributed by atoms with Crippen molar-refractivity contribution in [3.05, 3.63) is 46.7 Å². The molecule has 138 valence electrons. The predicted octanol–water partition coefficient (Wildman–Crippen LogP) is 2.92. The molecule has 0 aliphatic carbocycles. The number of carbonyl (C=O) groups is 1. The summed E-state index contributed by atoms with van der Waals surface area (Å²) in [7, 11) is 0. The molecule has 26 heavy (non-hydrogen) atoms. The van der Waals surface area contributed by atoms with Crippen molar-refractivity contribution in [3.63, 3.8) is 0 Å². The van der Waals surface area contributed by atoms with E-state index in [-0.39, 0.29) is 12.5 Å². The highest BCUT2D eigenvalue weighted by atomic mass is 32.1. The van der Waals surface area contributed by atoms with Crippen LogP contribution < -0.4 is 14.8 Å². The fourth-order valence-electron chi connectivity index (χ4n) is 3.50. The number of fused-ring (bicyclic) bond motifs is 1. The van der Waals surface area contributed by atoms with Crippen LogP contribution in [0, 0.1) is 5.92 Å². The molecule has 6 heteroatoms. The molecule has 0 spiro atoms. The number of piperidine rings is 1. The van der Waals surface area contributed by atoms with E-state index in [4.69, 9.17) is 9.47 Å². The van der Waals surface area contributed by atoms with Crippen LogP contribution in [0.25, 0.3) is 0 Å². The minimum atomic E-state index is -0.566. The van der Waals surface area contributed by atoms with Crippen molar-refractivity contribution >= 4 is 17.2 Å². The van der Waals surface area contributed by atoms with Crippen LogP contribution >= 0.6 is 11.3 Å². The Morgan fingerprint density at radius 1 is 1.19 bits per heavy atom. The van der Waals surface area contributed by atoms with E-state index in [0.29, 0.717) is 24.0 Å². The maximum absolute atomic E-state index is 12.4. The molecule has 2 aliphatic rings. The number of nitrogens with zero attached hydrogens (tertiary/aromatic N) is 1. The summed E-state index contributed by atoms with van der Waals surface area (Å²) in [5, 5.41) is 7.40. The first-order valence-electron chi connectivity index (χ1n) is 9.17. The number of carbonyl (C=O) groups excluding carboxylic acids is 1. The largest absolute Gasteiger partial charge is 0.485 e. The normalized spacial score (nSPS) is 20.7. The maximum Gasteiger partial charge on any atom is 0.264 e. The zero-order valence-corrected chi connectivity index (χ0v) is 15.5. The summed E-state index contributed by atoms with van der Waals surface area (Å²) in [4.78, 5) is 14.9. The van der Waals surface area contributed by atoms with Crippen molar-refractivity contribution in [1.29, 1.82) is 0 Å². The first-order chi connectivity index (χ1) is 12.8. The summed E-state index contributed by atoms with van der Waals surface area (Å²) in [6.45, 7) is 4.20. The predicted molar refractivity (Wildman–Crippen MR) is 102 cm³/mol. The monoisotopic (exact) mass is 372 g/mol. The zero-order chi connectivity index (χ0) is 17.8. The second kappa shape index (κ2) is 8.10. The van der Waals surface area contributed by atoms with Gasteiger partial charge in [0, 0.05) is 13.1 Å². The quantitative estimate of drug-likeness (QED) is 0.877. The van der Waals surface area contributed by atoms with Crippen LogP contribution in [-0.4, -0.2) is 43.2 Å².